The van der Waals surface area contributed by atoms with Crippen molar-refractivity contribution >= 4 is 30.1 Å². The van der Waals surface area contributed by atoms with Crippen molar-refractivity contribution in [3.8, 4) is 11.4 Å². The summed E-state index contributed by atoms with van der Waals surface area (Å²) < 4.78 is 0. The first-order valence-electron chi connectivity index (χ1n) is 14.4. The Hall–Kier alpha value is -2.21. The molecule has 0 saturated carbocycles. The number of benzene rings is 2. The van der Waals surface area contributed by atoms with E-state index >= 15 is 0 Å². The molecule has 5 nitrogen and oxygen atoms in total. The van der Waals surface area contributed by atoms with Crippen molar-refractivity contribution in [1.82, 2.24) is 15.0 Å². The van der Waals surface area contributed by atoms with Gasteiger partial charge in [0.1, 0.15) is 19.8 Å². The van der Waals surface area contributed by atoms with Gasteiger partial charge < -0.3 is 5.11 Å². The Kier molecular flexibility index (Phi) is 14.1. The van der Waals surface area contributed by atoms with Crippen LogP contribution in [0.2, 0.25) is 19.6 Å². The molecule has 0 aliphatic carbocycles. The summed E-state index contributed by atoms with van der Waals surface area (Å²) in [4.78, 5) is 25.3. The summed E-state index contributed by atoms with van der Waals surface area (Å²) in [6.45, 7) is 21.5. The van der Waals surface area contributed by atoms with E-state index in [1.165, 1.54) is 17.0 Å². The zero-order valence-corrected chi connectivity index (χ0v) is 29.5. The van der Waals surface area contributed by atoms with Gasteiger partial charge in [0.15, 0.2) is 5.78 Å². The predicted molar refractivity (Wildman–Crippen MR) is 167 cm³/mol. The predicted octanol–water partition coefficient (Wildman–Crippen LogP) is 8.20. The molecule has 0 amide bonds. The van der Waals surface area contributed by atoms with Gasteiger partial charge in [0.25, 0.3) is 0 Å². The van der Waals surface area contributed by atoms with E-state index in [9.17, 15) is 9.90 Å². The molecule has 221 valence electrons. The topological polar surface area (TPSA) is 76.0 Å². The Labute approximate surface area is 256 Å². The third-order valence-electron chi connectivity index (χ3n) is 7.15. The molecule has 0 bridgehead atoms. The molecule has 2 aromatic carbocycles. The van der Waals surface area contributed by atoms with Crippen molar-refractivity contribution in [2.24, 2.45) is 11.8 Å². The summed E-state index contributed by atoms with van der Waals surface area (Å²) >= 11 is 0. The van der Waals surface area contributed by atoms with Crippen LogP contribution in [0.15, 0.2) is 48.5 Å². The molecule has 7 heteroatoms. The molecule has 1 radical (unpaired) electrons. The van der Waals surface area contributed by atoms with Crippen LogP contribution in [-0.4, -0.2) is 33.9 Å². The molecule has 0 saturated heterocycles. The second kappa shape index (κ2) is 15.7. The number of hydrogen-bond acceptors (Lipinski definition) is 5. The zero-order chi connectivity index (χ0) is 29.4. The second-order valence-corrected chi connectivity index (χ2v) is 17.2. The number of fused-ring (bicyclic) bond motifs is 1. The summed E-state index contributed by atoms with van der Waals surface area (Å²) in [6.07, 6.45) is 6.54. The number of aliphatic hydroxyl groups excluding tert-OH is 1. The van der Waals surface area contributed by atoms with Crippen molar-refractivity contribution in [2.45, 2.75) is 99.2 Å². The first-order valence-corrected chi connectivity index (χ1v) is 17.9. The Morgan fingerprint density at radius 1 is 0.975 bits per heavy atom. The van der Waals surface area contributed by atoms with Crippen LogP contribution >= 0.6 is 0 Å². The van der Waals surface area contributed by atoms with Crippen LogP contribution < -0.4 is 5.45 Å². The van der Waals surface area contributed by atoms with Gasteiger partial charge in [-0.05, 0) is 31.1 Å². The maximum atomic E-state index is 11.7. The average molecular weight is 739 g/mol. The second-order valence-electron chi connectivity index (χ2n) is 12.3. The zero-order valence-electron chi connectivity index (χ0n) is 26.1. The molecule has 0 aliphatic rings. The van der Waals surface area contributed by atoms with Gasteiger partial charge in [-0.25, -0.2) is 4.98 Å². The van der Waals surface area contributed by atoms with Crippen molar-refractivity contribution < 1.29 is 30.0 Å². The number of hydrogen-bond donors (Lipinski definition) is 1. The number of nitrogens with zero attached hydrogens (tertiary/aromatic N) is 3. The van der Waals surface area contributed by atoms with Gasteiger partial charge in [0.05, 0.1) is 11.6 Å². The fraction of sp³-hybridized carbons (Fsp3) is 0.515. The van der Waals surface area contributed by atoms with E-state index in [4.69, 9.17) is 4.98 Å². The molecular formula is C33H48IrN3O2Si-. The largest absolute Gasteiger partial charge is 0.512 e. The van der Waals surface area contributed by atoms with Crippen LogP contribution in [0.1, 0.15) is 79.7 Å². The first kappa shape index (κ1) is 35.8. The van der Waals surface area contributed by atoms with Gasteiger partial charge in [-0.15, -0.1) is 29.1 Å². The molecule has 0 fully saturated rings. The van der Waals surface area contributed by atoms with E-state index < -0.39 is 8.07 Å². The molecule has 1 heterocycles. The van der Waals surface area contributed by atoms with Crippen molar-refractivity contribution in [1.29, 1.82) is 0 Å². The fourth-order valence-electron chi connectivity index (χ4n) is 4.54. The van der Waals surface area contributed by atoms with E-state index in [1.807, 2.05) is 27.7 Å². The molecule has 40 heavy (non-hydrogen) atoms. The average Bonchev–Trinajstić information content (AvgIpc) is 2.89. The standard InChI is InChI=1S/C20H24N3Si.C13H24O2.Ir/c1-20(2,3)17-12-15(11-14-9-7-8-10-16(14)17)18-21-13-22-19(23-18)24(4,5)6;1-5-10(6-2)12(14)9-13(15)11(7-3)8-4;/h7-10,12-13H,1-6H3;9-11,14H,5-8H2,1-4H3;/q-1;;/b;12-9-;. The van der Waals surface area contributed by atoms with E-state index in [1.54, 1.807) is 6.33 Å². The Morgan fingerprint density at radius 2 is 1.55 bits per heavy atom. The van der Waals surface area contributed by atoms with E-state index in [2.05, 4.69) is 86.8 Å². The van der Waals surface area contributed by atoms with Gasteiger partial charge in [0.2, 0.25) is 0 Å². The maximum Gasteiger partial charge on any atom is 0.162 e. The fourth-order valence-corrected chi connectivity index (χ4v) is 5.42. The normalized spacial score (nSPS) is 12.2. The molecule has 3 rings (SSSR count). The minimum Gasteiger partial charge on any atom is -0.512 e. The Balaban J connectivity index is 0.000000437. The molecule has 3 aromatic rings. The van der Waals surface area contributed by atoms with E-state index in [0.29, 0.717) is 0 Å². The van der Waals surface area contributed by atoms with Gasteiger partial charge in [-0.2, -0.15) is 0 Å². The molecule has 0 aliphatic heterocycles. The Bertz CT molecular complexity index is 1270. The SMILES string of the molecule is CC(C)(C)c1cc(-c2ncnc([Si](C)(C)C)n2)[c-]c2ccccc12.CCC(CC)C(=O)/C=C(\O)C(CC)CC.[Ir]. The van der Waals surface area contributed by atoms with Crippen LogP contribution in [0.3, 0.4) is 0 Å². The molecule has 0 atom stereocenters. The smallest absolute Gasteiger partial charge is 0.162 e. The first-order chi connectivity index (χ1) is 18.3. The summed E-state index contributed by atoms with van der Waals surface area (Å²) in [5.41, 5.74) is 3.21. The van der Waals surface area contributed by atoms with Gasteiger partial charge >= 0.3 is 0 Å². The molecular weight excluding hydrogens is 691 g/mol. The van der Waals surface area contributed by atoms with Crippen LogP contribution in [0.4, 0.5) is 0 Å². The summed E-state index contributed by atoms with van der Waals surface area (Å²) in [7, 11) is -1.58. The molecule has 1 aromatic heterocycles. The van der Waals surface area contributed by atoms with Crippen LogP contribution in [-0.2, 0) is 30.3 Å². The number of carbonyl (C=O) groups excluding carboxylic acids is 1. The number of allylic oxidation sites excluding steroid dienone is 2. The van der Waals surface area contributed by atoms with Crippen LogP contribution in [0, 0.1) is 17.9 Å². The molecule has 1 N–H and O–H groups in total. The van der Waals surface area contributed by atoms with Gasteiger partial charge in [0, 0.05) is 38.0 Å². The van der Waals surface area contributed by atoms with Crippen molar-refractivity contribution in [3.05, 3.63) is 60.1 Å². The molecule has 0 spiro atoms. The van der Waals surface area contributed by atoms with E-state index in [-0.39, 0.29) is 48.9 Å². The van der Waals surface area contributed by atoms with E-state index in [0.717, 1.165) is 47.9 Å². The third-order valence-corrected chi connectivity index (χ3v) is 8.73. The summed E-state index contributed by atoms with van der Waals surface area (Å²) in [5, 5.41) is 12.1. The van der Waals surface area contributed by atoms with Crippen LogP contribution in [0.25, 0.3) is 22.2 Å². The monoisotopic (exact) mass is 739 g/mol. The minimum absolute atomic E-state index is 0. The maximum absolute atomic E-state index is 11.7. The Morgan fingerprint density at radius 3 is 2.08 bits per heavy atom. The summed E-state index contributed by atoms with van der Waals surface area (Å²) in [5.74, 6) is 1.27. The van der Waals surface area contributed by atoms with Gasteiger partial charge in [-0.1, -0.05) is 97.3 Å². The van der Waals surface area contributed by atoms with Crippen molar-refractivity contribution in [2.75, 3.05) is 0 Å². The number of ketones is 1. The number of carbonyl (C=O) groups is 1. The number of rotatable bonds is 9. The molecule has 0 unspecified atom stereocenters. The third kappa shape index (κ3) is 9.71. The van der Waals surface area contributed by atoms with Gasteiger partial charge in [-0.3, -0.25) is 14.8 Å². The number of aromatic nitrogens is 3. The minimum atomic E-state index is -1.58. The number of aliphatic hydroxyl groups is 1. The summed E-state index contributed by atoms with van der Waals surface area (Å²) in [6, 6.07) is 14.1. The van der Waals surface area contributed by atoms with Crippen molar-refractivity contribution in [3.63, 3.8) is 0 Å². The quantitative estimate of drug-likeness (QED) is 0.104. The van der Waals surface area contributed by atoms with Crippen LogP contribution in [0.5, 0.6) is 0 Å².